The SMILES string of the molecule is Nc1cc[n+](-c2c(Cl)c(Cl)nc(Cl)c2Cl)cc1. The predicted octanol–water partition coefficient (Wildman–Crippen LogP) is 3.55. The molecular formula is C10H6Cl4N3+. The minimum Gasteiger partial charge on any atom is -0.398 e. The van der Waals surface area contributed by atoms with Crippen LogP contribution in [-0.2, 0) is 0 Å². The van der Waals surface area contributed by atoms with Crippen molar-refractivity contribution in [2.24, 2.45) is 0 Å². The molecule has 0 saturated heterocycles. The van der Waals surface area contributed by atoms with Gasteiger partial charge in [-0.05, 0) is 0 Å². The first-order chi connectivity index (χ1) is 8.00. The van der Waals surface area contributed by atoms with Crippen LogP contribution in [0.25, 0.3) is 5.69 Å². The van der Waals surface area contributed by atoms with Crippen molar-refractivity contribution >= 4 is 52.1 Å². The van der Waals surface area contributed by atoms with Crippen molar-refractivity contribution < 1.29 is 4.57 Å². The van der Waals surface area contributed by atoms with Crippen molar-refractivity contribution in [2.45, 2.75) is 0 Å². The molecule has 0 saturated carbocycles. The first-order valence-corrected chi connectivity index (χ1v) is 5.99. The Balaban J connectivity index is 2.70. The van der Waals surface area contributed by atoms with Crippen LogP contribution in [0, 0.1) is 0 Å². The summed E-state index contributed by atoms with van der Waals surface area (Å²) in [6.45, 7) is 0. The summed E-state index contributed by atoms with van der Waals surface area (Å²) >= 11 is 23.8. The summed E-state index contributed by atoms with van der Waals surface area (Å²) in [5, 5.41) is 0.660. The summed E-state index contributed by atoms with van der Waals surface area (Å²) in [7, 11) is 0. The van der Waals surface area contributed by atoms with Crippen molar-refractivity contribution in [2.75, 3.05) is 5.73 Å². The van der Waals surface area contributed by atoms with Gasteiger partial charge in [-0.25, -0.2) is 4.98 Å². The molecule has 0 aromatic carbocycles. The van der Waals surface area contributed by atoms with E-state index >= 15 is 0 Å². The average molecular weight is 310 g/mol. The largest absolute Gasteiger partial charge is 0.398 e. The molecule has 88 valence electrons. The van der Waals surface area contributed by atoms with Crippen molar-refractivity contribution in [1.82, 2.24) is 4.98 Å². The van der Waals surface area contributed by atoms with Crippen LogP contribution in [0.15, 0.2) is 24.5 Å². The van der Waals surface area contributed by atoms with E-state index in [2.05, 4.69) is 4.98 Å². The summed E-state index contributed by atoms with van der Waals surface area (Å²) in [6, 6.07) is 3.41. The lowest BCUT2D eigenvalue weighted by molar-refractivity contribution is -0.595. The van der Waals surface area contributed by atoms with Crippen molar-refractivity contribution in [3.05, 3.63) is 44.9 Å². The van der Waals surface area contributed by atoms with Gasteiger partial charge in [0.15, 0.2) is 32.7 Å². The van der Waals surface area contributed by atoms with Gasteiger partial charge in [0.2, 0.25) is 0 Å². The number of nitrogens with two attached hydrogens (primary N) is 1. The van der Waals surface area contributed by atoms with E-state index in [4.69, 9.17) is 52.1 Å². The van der Waals surface area contributed by atoms with Crippen LogP contribution in [0.5, 0.6) is 0 Å². The number of pyridine rings is 2. The standard InChI is InChI=1S/C10H5Cl4N3/c11-6-8(7(12)10(14)16-9(6)13)17-3-1-5(15)2-4-17/h1-4,15H/p+1. The van der Waals surface area contributed by atoms with Gasteiger partial charge in [-0.3, -0.25) is 0 Å². The van der Waals surface area contributed by atoms with E-state index in [0.29, 0.717) is 11.4 Å². The molecule has 7 heteroatoms. The zero-order valence-corrected chi connectivity index (χ0v) is 11.3. The van der Waals surface area contributed by atoms with E-state index in [1.807, 2.05) is 0 Å². The zero-order chi connectivity index (χ0) is 12.6. The zero-order valence-electron chi connectivity index (χ0n) is 8.29. The highest BCUT2D eigenvalue weighted by molar-refractivity contribution is 6.47. The van der Waals surface area contributed by atoms with Gasteiger partial charge in [-0.1, -0.05) is 46.4 Å². The summed E-state index contributed by atoms with van der Waals surface area (Å²) < 4.78 is 1.67. The third-order valence-electron chi connectivity index (χ3n) is 2.09. The van der Waals surface area contributed by atoms with Crippen LogP contribution in [0.2, 0.25) is 20.4 Å². The van der Waals surface area contributed by atoms with Crippen LogP contribution in [0.3, 0.4) is 0 Å². The predicted molar refractivity (Wildman–Crippen MR) is 70.2 cm³/mol. The van der Waals surface area contributed by atoms with Crippen LogP contribution in [-0.4, -0.2) is 4.98 Å². The maximum atomic E-state index is 6.06. The fourth-order valence-corrected chi connectivity index (χ4v) is 2.20. The van der Waals surface area contributed by atoms with Gasteiger partial charge in [0.25, 0.3) is 5.69 Å². The Kier molecular flexibility index (Phi) is 3.64. The van der Waals surface area contributed by atoms with E-state index in [0.717, 1.165) is 0 Å². The van der Waals surface area contributed by atoms with Gasteiger partial charge in [-0.15, -0.1) is 0 Å². The molecule has 0 unspecified atom stereocenters. The van der Waals surface area contributed by atoms with Gasteiger partial charge >= 0.3 is 0 Å². The third-order valence-corrected chi connectivity index (χ3v) is 3.54. The van der Waals surface area contributed by atoms with Crippen LogP contribution in [0.1, 0.15) is 0 Å². The fraction of sp³-hybridized carbons (Fsp3) is 0. The third kappa shape index (κ3) is 2.43. The van der Waals surface area contributed by atoms with Gasteiger partial charge in [0.05, 0.1) is 0 Å². The molecule has 2 aromatic heterocycles. The Morgan fingerprint density at radius 3 is 1.88 bits per heavy atom. The van der Waals surface area contributed by atoms with Crippen LogP contribution in [0.4, 0.5) is 5.69 Å². The average Bonchev–Trinajstić information content (AvgIpc) is 2.29. The maximum absolute atomic E-state index is 6.06. The minimum absolute atomic E-state index is 0.0976. The smallest absolute Gasteiger partial charge is 0.254 e. The minimum atomic E-state index is 0.0976. The topological polar surface area (TPSA) is 42.8 Å². The number of anilines is 1. The molecule has 0 aliphatic heterocycles. The Bertz CT molecular complexity index is 543. The van der Waals surface area contributed by atoms with Gasteiger partial charge in [0, 0.05) is 17.8 Å². The number of hydrogen-bond donors (Lipinski definition) is 1. The fourth-order valence-electron chi connectivity index (χ4n) is 1.29. The van der Waals surface area contributed by atoms with Crippen molar-refractivity contribution in [1.29, 1.82) is 0 Å². The van der Waals surface area contributed by atoms with Crippen LogP contribution < -0.4 is 10.3 Å². The monoisotopic (exact) mass is 308 g/mol. The first-order valence-electron chi connectivity index (χ1n) is 4.48. The maximum Gasteiger partial charge on any atom is 0.254 e. The molecule has 0 amide bonds. The number of hydrogen-bond acceptors (Lipinski definition) is 2. The number of rotatable bonds is 1. The molecule has 0 atom stereocenters. The lowest BCUT2D eigenvalue weighted by Crippen LogP contribution is -2.30. The Hall–Kier alpha value is -0.740. The van der Waals surface area contributed by atoms with E-state index in [1.54, 1.807) is 29.1 Å². The molecular weight excluding hydrogens is 304 g/mol. The highest BCUT2D eigenvalue weighted by atomic mass is 35.5. The lowest BCUT2D eigenvalue weighted by atomic mass is 10.3. The van der Waals surface area contributed by atoms with E-state index in [9.17, 15) is 0 Å². The highest BCUT2D eigenvalue weighted by Crippen LogP contribution is 2.34. The molecule has 0 aliphatic rings. The summed E-state index contributed by atoms with van der Waals surface area (Å²) in [5.74, 6) is 0. The summed E-state index contributed by atoms with van der Waals surface area (Å²) in [6.07, 6.45) is 3.41. The lowest BCUT2D eigenvalue weighted by Gasteiger charge is -2.04. The second-order valence-electron chi connectivity index (χ2n) is 3.21. The van der Waals surface area contributed by atoms with E-state index in [-0.39, 0.29) is 20.4 Å². The Labute approximate surface area is 118 Å². The molecule has 0 fully saturated rings. The normalized spacial score (nSPS) is 10.6. The number of nitrogens with zero attached hydrogens (tertiary/aromatic N) is 2. The number of halogens is 4. The van der Waals surface area contributed by atoms with Crippen molar-refractivity contribution in [3.63, 3.8) is 0 Å². The van der Waals surface area contributed by atoms with Gasteiger partial charge < -0.3 is 5.73 Å². The molecule has 0 bridgehead atoms. The molecule has 0 spiro atoms. The quantitative estimate of drug-likeness (QED) is 0.646. The summed E-state index contributed by atoms with van der Waals surface area (Å²) in [5.41, 5.74) is 6.69. The molecule has 17 heavy (non-hydrogen) atoms. The molecule has 2 N–H and O–H groups in total. The summed E-state index contributed by atoms with van der Waals surface area (Å²) in [4.78, 5) is 3.81. The second-order valence-corrected chi connectivity index (χ2v) is 4.68. The first kappa shape index (κ1) is 12.7. The van der Waals surface area contributed by atoms with Gasteiger partial charge in [-0.2, -0.15) is 4.57 Å². The second kappa shape index (κ2) is 4.86. The van der Waals surface area contributed by atoms with E-state index < -0.39 is 0 Å². The Morgan fingerprint density at radius 1 is 0.941 bits per heavy atom. The molecule has 2 rings (SSSR count). The molecule has 0 aliphatic carbocycles. The molecule has 2 aromatic rings. The number of aromatic nitrogens is 2. The number of nitrogen functional groups attached to an aromatic ring is 1. The Morgan fingerprint density at radius 2 is 1.41 bits per heavy atom. The van der Waals surface area contributed by atoms with Crippen LogP contribution >= 0.6 is 46.4 Å². The highest BCUT2D eigenvalue weighted by Gasteiger charge is 2.23. The molecule has 2 heterocycles. The van der Waals surface area contributed by atoms with E-state index in [1.165, 1.54) is 0 Å². The van der Waals surface area contributed by atoms with Crippen molar-refractivity contribution in [3.8, 4) is 5.69 Å². The van der Waals surface area contributed by atoms with Gasteiger partial charge in [0.1, 0.15) is 0 Å². The molecule has 3 nitrogen and oxygen atoms in total. The molecule has 0 radical (unpaired) electrons.